The Balaban J connectivity index is 2.31. The minimum Gasteiger partial charge on any atom is -0.308 e. The second-order valence-corrected chi connectivity index (χ2v) is 3.75. The fraction of sp³-hybridized carbons (Fsp3) is 0.455. The molecule has 1 unspecified atom stereocenters. The molecular weight excluding hydrogens is 203 g/mol. The second-order valence-electron chi connectivity index (χ2n) is 3.75. The molecule has 1 aliphatic heterocycles. The lowest BCUT2D eigenvalue weighted by molar-refractivity contribution is -0.0407. The molecule has 0 saturated carbocycles. The molecule has 4 heteroatoms. The highest BCUT2D eigenvalue weighted by atomic mass is 19.3. The first-order valence-electron chi connectivity index (χ1n) is 4.98. The van der Waals surface area contributed by atoms with Crippen molar-refractivity contribution in [1.82, 2.24) is 5.32 Å². The normalized spacial score (nSPS) is 21.9. The van der Waals surface area contributed by atoms with Crippen LogP contribution < -0.4 is 5.32 Å². The predicted molar refractivity (Wildman–Crippen MR) is 51.3 cm³/mol. The number of benzene rings is 1. The predicted octanol–water partition coefficient (Wildman–Crippen LogP) is 2.67. The molecule has 0 bridgehead atoms. The summed E-state index contributed by atoms with van der Waals surface area (Å²) in [6.45, 7) is 0.578. The van der Waals surface area contributed by atoms with Gasteiger partial charge in [0, 0.05) is 0 Å². The molecule has 1 N–H and O–H groups in total. The lowest BCUT2D eigenvalue weighted by Crippen LogP contribution is -2.39. The summed E-state index contributed by atoms with van der Waals surface area (Å²) in [5.74, 6) is -3.96. The Bertz CT molecular complexity index is 345. The van der Waals surface area contributed by atoms with Crippen molar-refractivity contribution in [2.45, 2.75) is 24.8 Å². The summed E-state index contributed by atoms with van der Waals surface area (Å²) in [6.07, 6.45) is 1.11. The van der Waals surface area contributed by atoms with E-state index in [4.69, 9.17) is 0 Å². The van der Waals surface area contributed by atoms with Crippen LogP contribution in [0, 0.1) is 5.82 Å². The molecule has 0 amide bonds. The molecule has 1 aromatic carbocycles. The summed E-state index contributed by atoms with van der Waals surface area (Å²) in [6, 6.07) is 4.13. The van der Waals surface area contributed by atoms with Gasteiger partial charge >= 0.3 is 0 Å². The maximum Gasteiger partial charge on any atom is 0.291 e. The van der Waals surface area contributed by atoms with Crippen molar-refractivity contribution in [3.63, 3.8) is 0 Å². The van der Waals surface area contributed by atoms with E-state index < -0.39 is 23.3 Å². The lowest BCUT2D eigenvalue weighted by Gasteiger charge is -2.23. The van der Waals surface area contributed by atoms with Crippen LogP contribution in [0.5, 0.6) is 0 Å². The molecule has 1 aromatic rings. The van der Waals surface area contributed by atoms with E-state index in [0.717, 1.165) is 12.1 Å². The summed E-state index contributed by atoms with van der Waals surface area (Å²) >= 11 is 0. The molecule has 0 aliphatic carbocycles. The Morgan fingerprint density at radius 1 is 1.27 bits per heavy atom. The molecule has 2 rings (SSSR count). The molecule has 15 heavy (non-hydrogen) atoms. The van der Waals surface area contributed by atoms with Crippen LogP contribution in [0.1, 0.15) is 18.4 Å². The highest BCUT2D eigenvalue weighted by molar-refractivity contribution is 5.24. The maximum atomic E-state index is 13.8. The van der Waals surface area contributed by atoms with Crippen LogP contribution in [0.2, 0.25) is 0 Å². The van der Waals surface area contributed by atoms with Crippen molar-refractivity contribution >= 4 is 0 Å². The third-order valence-corrected chi connectivity index (χ3v) is 2.73. The zero-order valence-corrected chi connectivity index (χ0v) is 8.14. The Kier molecular flexibility index (Phi) is 2.69. The average Bonchev–Trinajstić information content (AvgIpc) is 2.71. The molecule has 0 aromatic heterocycles. The van der Waals surface area contributed by atoms with Crippen molar-refractivity contribution in [2.75, 3.05) is 6.54 Å². The number of rotatable bonds is 2. The summed E-state index contributed by atoms with van der Waals surface area (Å²) < 4.78 is 40.9. The van der Waals surface area contributed by atoms with E-state index in [1.54, 1.807) is 0 Å². The first-order chi connectivity index (χ1) is 7.12. The summed E-state index contributed by atoms with van der Waals surface area (Å²) in [7, 11) is 0. The number of nitrogens with one attached hydrogen (secondary N) is 1. The van der Waals surface area contributed by atoms with Crippen molar-refractivity contribution in [3.05, 3.63) is 35.6 Å². The van der Waals surface area contributed by atoms with Crippen LogP contribution in [-0.4, -0.2) is 12.6 Å². The summed E-state index contributed by atoms with van der Waals surface area (Å²) in [5.41, 5.74) is -0.510. The van der Waals surface area contributed by atoms with Gasteiger partial charge in [0.15, 0.2) is 0 Å². The molecule has 1 heterocycles. The first kappa shape index (κ1) is 10.5. The van der Waals surface area contributed by atoms with Gasteiger partial charge in [0.1, 0.15) is 5.82 Å². The molecule has 82 valence electrons. The molecular formula is C11H12F3N. The third-order valence-electron chi connectivity index (χ3n) is 2.73. The van der Waals surface area contributed by atoms with Gasteiger partial charge in [-0.05, 0) is 25.5 Å². The third kappa shape index (κ3) is 1.86. The molecule has 1 atom stereocenters. The number of hydrogen-bond acceptors (Lipinski definition) is 1. The van der Waals surface area contributed by atoms with E-state index in [9.17, 15) is 13.2 Å². The standard InChI is InChI=1S/C11H12F3N/c12-9-5-2-1-4-8(9)11(13,14)10-6-3-7-15-10/h1-2,4-5,10,15H,3,6-7H2. The monoisotopic (exact) mass is 215 g/mol. The topological polar surface area (TPSA) is 12.0 Å². The van der Waals surface area contributed by atoms with E-state index in [1.807, 2.05) is 0 Å². The minimum atomic E-state index is -3.12. The summed E-state index contributed by atoms with van der Waals surface area (Å²) in [4.78, 5) is 0. The smallest absolute Gasteiger partial charge is 0.291 e. The van der Waals surface area contributed by atoms with Gasteiger partial charge in [0.25, 0.3) is 5.92 Å². The van der Waals surface area contributed by atoms with Crippen molar-refractivity contribution in [3.8, 4) is 0 Å². The highest BCUT2D eigenvalue weighted by Gasteiger charge is 2.44. The number of hydrogen-bond donors (Lipinski definition) is 1. The number of halogens is 3. The Morgan fingerprint density at radius 3 is 2.60 bits per heavy atom. The van der Waals surface area contributed by atoms with Gasteiger partial charge in [0.2, 0.25) is 0 Å². The summed E-state index contributed by atoms with van der Waals surface area (Å²) in [5, 5.41) is 2.71. The largest absolute Gasteiger partial charge is 0.308 e. The van der Waals surface area contributed by atoms with E-state index in [2.05, 4.69) is 5.32 Å². The Labute approximate surface area is 86.3 Å². The lowest BCUT2D eigenvalue weighted by atomic mass is 9.99. The van der Waals surface area contributed by atoms with Crippen LogP contribution in [-0.2, 0) is 5.92 Å². The highest BCUT2D eigenvalue weighted by Crippen LogP contribution is 2.36. The zero-order valence-electron chi connectivity index (χ0n) is 8.14. The van der Waals surface area contributed by atoms with Crippen LogP contribution in [0.3, 0.4) is 0 Å². The molecule has 0 radical (unpaired) electrons. The van der Waals surface area contributed by atoms with Crippen LogP contribution >= 0.6 is 0 Å². The van der Waals surface area contributed by atoms with Crippen LogP contribution in [0.4, 0.5) is 13.2 Å². The zero-order chi connectivity index (χ0) is 10.9. The quantitative estimate of drug-likeness (QED) is 0.799. The van der Waals surface area contributed by atoms with Gasteiger partial charge in [-0.2, -0.15) is 8.78 Å². The maximum absolute atomic E-state index is 13.8. The number of alkyl halides is 2. The fourth-order valence-electron chi connectivity index (χ4n) is 1.91. The Hall–Kier alpha value is -1.03. The van der Waals surface area contributed by atoms with Crippen LogP contribution in [0.15, 0.2) is 24.3 Å². The van der Waals surface area contributed by atoms with Gasteiger partial charge < -0.3 is 5.32 Å². The molecule has 1 nitrogen and oxygen atoms in total. The van der Waals surface area contributed by atoms with Crippen molar-refractivity contribution < 1.29 is 13.2 Å². The van der Waals surface area contributed by atoms with E-state index in [-0.39, 0.29) is 0 Å². The van der Waals surface area contributed by atoms with Gasteiger partial charge in [-0.25, -0.2) is 4.39 Å². The van der Waals surface area contributed by atoms with E-state index in [0.29, 0.717) is 19.4 Å². The minimum absolute atomic E-state index is 0.390. The van der Waals surface area contributed by atoms with Crippen molar-refractivity contribution in [1.29, 1.82) is 0 Å². The molecule has 1 aliphatic rings. The van der Waals surface area contributed by atoms with Gasteiger partial charge in [-0.3, -0.25) is 0 Å². The van der Waals surface area contributed by atoms with E-state index >= 15 is 0 Å². The Morgan fingerprint density at radius 2 is 2.00 bits per heavy atom. The average molecular weight is 215 g/mol. The second kappa shape index (κ2) is 3.85. The first-order valence-corrected chi connectivity index (χ1v) is 4.98. The molecule has 0 spiro atoms. The van der Waals surface area contributed by atoms with Gasteiger partial charge in [-0.15, -0.1) is 0 Å². The SMILES string of the molecule is Fc1ccccc1C(F)(F)C1CCCN1. The van der Waals surface area contributed by atoms with E-state index in [1.165, 1.54) is 12.1 Å². The molecule has 1 saturated heterocycles. The van der Waals surface area contributed by atoms with Crippen molar-refractivity contribution in [2.24, 2.45) is 0 Å². The fourth-order valence-corrected chi connectivity index (χ4v) is 1.91. The van der Waals surface area contributed by atoms with Gasteiger partial charge in [-0.1, -0.05) is 18.2 Å². The van der Waals surface area contributed by atoms with Gasteiger partial charge in [0.05, 0.1) is 11.6 Å². The van der Waals surface area contributed by atoms with Crippen LogP contribution in [0.25, 0.3) is 0 Å². The molecule has 1 fully saturated rings.